The van der Waals surface area contributed by atoms with E-state index in [1.54, 1.807) is 0 Å². The number of rotatable bonds is 6. The van der Waals surface area contributed by atoms with Crippen LogP contribution in [0.4, 0.5) is 30.2 Å². The number of hydrogen-bond acceptors (Lipinski definition) is 7. The van der Waals surface area contributed by atoms with Crippen molar-refractivity contribution in [3.8, 4) is 0 Å². The Morgan fingerprint density at radius 3 is 1.83 bits per heavy atom. The zero-order valence-electron chi connectivity index (χ0n) is 15.5. The summed E-state index contributed by atoms with van der Waals surface area (Å²) >= 11 is 0. The smallest absolute Gasteiger partial charge is 0.416 e. The number of benzene rings is 2. The summed E-state index contributed by atoms with van der Waals surface area (Å²) in [7, 11) is -5.32. The second-order valence-electron chi connectivity index (χ2n) is 5.69. The first-order chi connectivity index (χ1) is 13.8. The molecule has 0 aliphatic heterocycles. The summed E-state index contributed by atoms with van der Waals surface area (Å²) in [5.41, 5.74) is -0.0576. The highest BCUT2D eigenvalue weighted by Crippen LogP contribution is 2.45. The molecule has 0 spiro atoms. The van der Waals surface area contributed by atoms with Crippen molar-refractivity contribution in [2.75, 3.05) is 6.61 Å². The van der Waals surface area contributed by atoms with Gasteiger partial charge in [-0.15, -0.1) is 0 Å². The molecule has 0 saturated heterocycles. The van der Waals surface area contributed by atoms with Crippen LogP contribution in [0.15, 0.2) is 42.5 Å². The average molecular weight is 451 g/mol. The van der Waals surface area contributed by atoms with Gasteiger partial charge < -0.3 is 19.7 Å². The van der Waals surface area contributed by atoms with E-state index in [1.165, 1.54) is 6.92 Å². The topological polar surface area (TPSA) is 163 Å². The molecule has 30 heavy (non-hydrogen) atoms. The summed E-state index contributed by atoms with van der Waals surface area (Å²) in [5.74, 6) is 0. The summed E-state index contributed by atoms with van der Waals surface area (Å²) in [5, 5.41) is 20.3. The van der Waals surface area contributed by atoms with Crippen molar-refractivity contribution in [2.45, 2.75) is 19.5 Å². The van der Waals surface area contributed by atoms with Crippen LogP contribution in [0.1, 0.15) is 18.9 Å². The number of quaternary nitrogens is 1. The van der Waals surface area contributed by atoms with Crippen molar-refractivity contribution < 1.29 is 42.7 Å². The lowest BCUT2D eigenvalue weighted by atomic mass is 10.1. The van der Waals surface area contributed by atoms with E-state index in [-0.39, 0.29) is 18.6 Å². The molecule has 164 valence electrons. The summed E-state index contributed by atoms with van der Waals surface area (Å²) in [6.45, 7) is 1.06. The van der Waals surface area contributed by atoms with Crippen LogP contribution in [-0.2, 0) is 15.3 Å². The molecule has 0 bridgehead atoms. The molecule has 0 fully saturated rings. The van der Waals surface area contributed by atoms with Crippen molar-refractivity contribution in [1.82, 2.24) is 0 Å². The predicted molar refractivity (Wildman–Crippen MR) is 97.2 cm³/mol. The van der Waals surface area contributed by atoms with Crippen LogP contribution < -0.4 is 15.9 Å². The fraction of sp³-hybridized carbons (Fsp3) is 0.250. The quantitative estimate of drug-likeness (QED) is 0.401. The monoisotopic (exact) mass is 451 g/mol. The third kappa shape index (κ3) is 6.88. The number of nitro groups is 2. The molecular weight excluding hydrogens is 434 g/mol. The standard InChI is InChI=1S/C10H10F3N2O7P.C6H7N/c1-2-3-22-23(20,21)9-7(14(16)17)4-6(10(11,12)13)5-8(9)15(18)19;7-6-4-2-1-3-5-6/h4-5H,2-3H2,1H3,(H,20,21);1-5H,7H2. The minimum atomic E-state index is -5.32. The highest BCUT2D eigenvalue weighted by Gasteiger charge is 2.40. The number of nitrogens with zero attached hydrogens (tertiary/aromatic N) is 2. The molecule has 10 nitrogen and oxygen atoms in total. The number of halogens is 3. The molecule has 1 atom stereocenters. The Labute approximate surface area is 167 Å². The number of alkyl halides is 3. The zero-order chi connectivity index (χ0) is 23.1. The first-order valence-corrected chi connectivity index (χ1v) is 9.72. The Kier molecular flexibility index (Phi) is 8.61. The van der Waals surface area contributed by atoms with Crippen LogP contribution >= 0.6 is 7.60 Å². The summed E-state index contributed by atoms with van der Waals surface area (Å²) in [6.07, 6.45) is -4.97. The van der Waals surface area contributed by atoms with Crippen molar-refractivity contribution in [1.29, 1.82) is 0 Å². The first kappa shape index (κ1) is 25.2. The van der Waals surface area contributed by atoms with Crippen molar-refractivity contribution in [3.63, 3.8) is 0 Å². The van der Waals surface area contributed by atoms with Gasteiger partial charge in [0.15, 0.2) is 12.9 Å². The SMILES string of the molecule is CCCOP(=O)([O-])c1c([N+](=O)[O-])cc(C(F)(F)F)cc1[N+](=O)[O-].[NH3+]c1ccccc1. The molecule has 2 rings (SSSR count). The molecule has 2 aromatic rings. The third-order valence-electron chi connectivity index (χ3n) is 3.37. The van der Waals surface area contributed by atoms with Crippen molar-refractivity contribution >= 4 is 30.0 Å². The molecule has 0 radical (unpaired) electrons. The van der Waals surface area contributed by atoms with Crippen LogP contribution in [0.2, 0.25) is 0 Å². The predicted octanol–water partition coefficient (Wildman–Crippen LogP) is 2.69. The van der Waals surface area contributed by atoms with E-state index in [0.29, 0.717) is 0 Å². The Morgan fingerprint density at radius 1 is 1.07 bits per heavy atom. The van der Waals surface area contributed by atoms with Gasteiger partial charge in [0.05, 0.1) is 22.0 Å². The maximum Gasteiger partial charge on any atom is 0.416 e. The first-order valence-electron chi connectivity index (χ1n) is 8.18. The van der Waals surface area contributed by atoms with E-state index in [2.05, 4.69) is 10.3 Å². The maximum absolute atomic E-state index is 12.7. The lowest BCUT2D eigenvalue weighted by molar-refractivity contribution is -0.392. The van der Waals surface area contributed by atoms with Gasteiger partial charge in [-0.05, 0) is 18.6 Å². The van der Waals surface area contributed by atoms with E-state index < -0.39 is 52.5 Å². The molecule has 14 heteroatoms. The Morgan fingerprint density at radius 2 is 1.53 bits per heavy atom. The van der Waals surface area contributed by atoms with Gasteiger partial charge in [0.2, 0.25) is 0 Å². The van der Waals surface area contributed by atoms with E-state index in [1.807, 2.05) is 30.3 Å². The summed E-state index contributed by atoms with van der Waals surface area (Å²) < 4.78 is 54.3. The van der Waals surface area contributed by atoms with E-state index in [9.17, 15) is 42.9 Å². The fourth-order valence-corrected chi connectivity index (χ4v) is 3.49. The molecule has 2 aromatic carbocycles. The molecule has 3 N–H and O–H groups in total. The maximum atomic E-state index is 12.7. The third-order valence-corrected chi connectivity index (χ3v) is 4.90. The van der Waals surface area contributed by atoms with Crippen LogP contribution in [0, 0.1) is 20.2 Å². The van der Waals surface area contributed by atoms with Crippen LogP contribution in [-0.4, -0.2) is 16.5 Å². The molecule has 0 amide bonds. The van der Waals surface area contributed by atoms with Crippen LogP contribution in [0.3, 0.4) is 0 Å². The zero-order valence-corrected chi connectivity index (χ0v) is 16.4. The van der Waals surface area contributed by atoms with Gasteiger partial charge in [-0.1, -0.05) is 25.1 Å². The molecule has 0 saturated carbocycles. The molecule has 0 aliphatic carbocycles. The molecule has 0 aliphatic rings. The van der Waals surface area contributed by atoms with Gasteiger partial charge in [-0.3, -0.25) is 20.2 Å². The minimum Gasteiger partial charge on any atom is -0.775 e. The van der Waals surface area contributed by atoms with Gasteiger partial charge in [-0.2, -0.15) is 13.2 Å². The Bertz CT molecular complexity index is 920. The lowest BCUT2D eigenvalue weighted by Crippen LogP contribution is -2.39. The largest absolute Gasteiger partial charge is 0.775 e. The van der Waals surface area contributed by atoms with Crippen molar-refractivity contribution in [3.05, 3.63) is 68.3 Å². The van der Waals surface area contributed by atoms with Gasteiger partial charge in [0, 0.05) is 12.1 Å². The minimum absolute atomic E-state index is 0.0812. The fourth-order valence-electron chi connectivity index (χ4n) is 2.08. The highest BCUT2D eigenvalue weighted by atomic mass is 31.2. The van der Waals surface area contributed by atoms with Gasteiger partial charge >= 0.3 is 6.18 Å². The molecular formula is C16H17F3N3O7P. The van der Waals surface area contributed by atoms with Crippen LogP contribution in [0.5, 0.6) is 0 Å². The number of hydrogen-bond donors (Lipinski definition) is 1. The van der Waals surface area contributed by atoms with Gasteiger partial charge in [0.25, 0.3) is 11.4 Å². The highest BCUT2D eigenvalue weighted by molar-refractivity contribution is 7.60. The van der Waals surface area contributed by atoms with E-state index in [0.717, 1.165) is 5.69 Å². The summed E-state index contributed by atoms with van der Waals surface area (Å²) in [4.78, 5) is 30.8. The van der Waals surface area contributed by atoms with Gasteiger partial charge in [-0.25, -0.2) is 0 Å². The second-order valence-corrected chi connectivity index (χ2v) is 7.39. The van der Waals surface area contributed by atoms with E-state index >= 15 is 0 Å². The van der Waals surface area contributed by atoms with Crippen molar-refractivity contribution in [2.24, 2.45) is 0 Å². The Balaban J connectivity index is 0.000000539. The second kappa shape index (κ2) is 10.3. The molecule has 0 aromatic heterocycles. The van der Waals surface area contributed by atoms with E-state index in [4.69, 9.17) is 0 Å². The normalized spacial score (nSPS) is 13.0. The number of nitro benzene ring substituents is 2. The lowest BCUT2D eigenvalue weighted by Gasteiger charge is -2.23. The van der Waals surface area contributed by atoms with Gasteiger partial charge in [0.1, 0.15) is 5.69 Å². The molecule has 0 heterocycles. The average Bonchev–Trinajstić information content (AvgIpc) is 2.65. The Hall–Kier alpha value is -2.86. The van der Waals surface area contributed by atoms with Crippen LogP contribution in [0.25, 0.3) is 0 Å². The summed E-state index contributed by atoms with van der Waals surface area (Å²) in [6, 6.07) is 9.71. The molecule has 1 unspecified atom stereocenters.